The Hall–Kier alpha value is -0.900. The molecule has 3 saturated carbocycles. The van der Waals surface area contributed by atoms with Gasteiger partial charge in [0.15, 0.2) is 0 Å². The number of aliphatic hydroxyl groups is 3. The van der Waals surface area contributed by atoms with Crippen LogP contribution in [0.1, 0.15) is 85.5 Å². The molecule has 3 N–H and O–H groups in total. The lowest BCUT2D eigenvalue weighted by atomic mass is 9.60. The molecule has 0 heterocycles. The van der Waals surface area contributed by atoms with Crippen molar-refractivity contribution in [3.8, 4) is 0 Å². The lowest BCUT2D eigenvalue weighted by Crippen LogP contribution is -2.36. The maximum Gasteiger partial charge on any atom is 0.0811 e. The summed E-state index contributed by atoms with van der Waals surface area (Å²) in [4.78, 5) is 0. The summed E-state index contributed by atoms with van der Waals surface area (Å²) in [6, 6.07) is 0. The maximum absolute atomic E-state index is 10.3. The van der Waals surface area contributed by atoms with Gasteiger partial charge in [0.1, 0.15) is 0 Å². The topological polar surface area (TPSA) is 60.7 Å². The van der Waals surface area contributed by atoms with Crippen LogP contribution in [-0.4, -0.2) is 33.6 Å². The Balaban J connectivity index is 1.72. The van der Waals surface area contributed by atoms with E-state index in [4.69, 9.17) is 0 Å². The Morgan fingerprint density at radius 3 is 2.57 bits per heavy atom. The Labute approximate surface area is 184 Å². The monoisotopic (exact) mass is 416 g/mol. The molecule has 30 heavy (non-hydrogen) atoms. The van der Waals surface area contributed by atoms with Crippen molar-refractivity contribution in [3.63, 3.8) is 0 Å². The predicted octanol–water partition coefficient (Wildman–Crippen LogP) is 5.56. The summed E-state index contributed by atoms with van der Waals surface area (Å²) in [7, 11) is 0. The second-order valence-electron chi connectivity index (χ2n) is 11.0. The molecule has 0 aliphatic heterocycles. The Morgan fingerprint density at radius 1 is 1.13 bits per heavy atom. The molecule has 0 radical (unpaired) electrons. The van der Waals surface area contributed by atoms with E-state index < -0.39 is 12.2 Å². The van der Waals surface area contributed by atoms with Gasteiger partial charge in [0, 0.05) is 6.42 Å². The molecule has 3 nitrogen and oxygen atoms in total. The van der Waals surface area contributed by atoms with Crippen molar-refractivity contribution in [3.05, 3.63) is 35.5 Å². The summed E-state index contributed by atoms with van der Waals surface area (Å²) >= 11 is 0. The quantitative estimate of drug-likeness (QED) is 0.531. The molecule has 0 aromatic rings. The van der Waals surface area contributed by atoms with Crippen LogP contribution in [0.3, 0.4) is 0 Å². The van der Waals surface area contributed by atoms with Gasteiger partial charge in [-0.1, -0.05) is 52.0 Å². The van der Waals surface area contributed by atoms with Gasteiger partial charge in [-0.05, 0) is 91.6 Å². The van der Waals surface area contributed by atoms with Crippen LogP contribution in [0.5, 0.6) is 0 Å². The van der Waals surface area contributed by atoms with Crippen molar-refractivity contribution < 1.29 is 15.3 Å². The third kappa shape index (κ3) is 4.95. The highest BCUT2D eigenvalue weighted by Gasteiger charge is 2.50. The number of aliphatic hydroxyl groups excluding tert-OH is 3. The minimum Gasteiger partial charge on any atom is -0.393 e. The van der Waals surface area contributed by atoms with E-state index in [-0.39, 0.29) is 6.10 Å². The molecule has 0 unspecified atom stereocenters. The molecule has 3 aliphatic carbocycles. The number of allylic oxidation sites excluding steroid dienone is 3. The van der Waals surface area contributed by atoms with Crippen molar-refractivity contribution >= 4 is 0 Å². The molecule has 0 spiro atoms. The predicted molar refractivity (Wildman–Crippen MR) is 124 cm³/mol. The fourth-order valence-electron chi connectivity index (χ4n) is 6.65. The van der Waals surface area contributed by atoms with Crippen molar-refractivity contribution in [2.24, 2.45) is 29.1 Å². The van der Waals surface area contributed by atoms with E-state index >= 15 is 0 Å². The average Bonchev–Trinajstić information content (AvgIpc) is 3.04. The molecule has 3 heteroatoms. The van der Waals surface area contributed by atoms with Gasteiger partial charge in [-0.3, -0.25) is 0 Å². The van der Waals surface area contributed by atoms with Crippen molar-refractivity contribution in [1.29, 1.82) is 0 Å². The molecule has 170 valence electrons. The Morgan fingerprint density at radius 2 is 1.87 bits per heavy atom. The smallest absolute Gasteiger partial charge is 0.0811 e. The van der Waals surface area contributed by atoms with E-state index in [9.17, 15) is 15.3 Å². The van der Waals surface area contributed by atoms with Crippen LogP contribution >= 0.6 is 0 Å². The lowest BCUT2D eigenvalue weighted by molar-refractivity contribution is 0.0717. The highest BCUT2D eigenvalue weighted by atomic mass is 16.3. The molecule has 0 amide bonds. The van der Waals surface area contributed by atoms with E-state index in [1.807, 2.05) is 0 Å². The van der Waals surface area contributed by atoms with E-state index in [2.05, 4.69) is 46.4 Å². The molecule has 0 aromatic carbocycles. The molecule has 3 fully saturated rings. The van der Waals surface area contributed by atoms with Crippen LogP contribution in [-0.2, 0) is 0 Å². The van der Waals surface area contributed by atoms with Crippen LogP contribution in [0.4, 0.5) is 0 Å². The molecule has 0 saturated heterocycles. The van der Waals surface area contributed by atoms with Crippen LogP contribution in [0.2, 0.25) is 0 Å². The minimum absolute atomic E-state index is 0.180. The second kappa shape index (κ2) is 9.71. The molecular weight excluding hydrogens is 372 g/mol. The van der Waals surface area contributed by atoms with Gasteiger partial charge < -0.3 is 15.3 Å². The fraction of sp³-hybridized carbons (Fsp3) is 0.778. The molecule has 0 aromatic heterocycles. The fourth-order valence-corrected chi connectivity index (χ4v) is 6.65. The number of fused-ring (bicyclic) bond motifs is 1. The summed E-state index contributed by atoms with van der Waals surface area (Å²) in [6.45, 7) is 13.2. The third-order valence-corrected chi connectivity index (χ3v) is 8.68. The van der Waals surface area contributed by atoms with Gasteiger partial charge in [-0.25, -0.2) is 0 Å². The normalized spacial score (nSPS) is 39.5. The van der Waals surface area contributed by atoms with Gasteiger partial charge in [0.25, 0.3) is 0 Å². The summed E-state index contributed by atoms with van der Waals surface area (Å²) < 4.78 is 0. The van der Waals surface area contributed by atoms with Crippen LogP contribution in [0, 0.1) is 29.1 Å². The highest BCUT2D eigenvalue weighted by molar-refractivity contribution is 5.38. The van der Waals surface area contributed by atoms with Gasteiger partial charge in [0.2, 0.25) is 0 Å². The van der Waals surface area contributed by atoms with Gasteiger partial charge in [0.05, 0.1) is 18.3 Å². The summed E-state index contributed by atoms with van der Waals surface area (Å²) in [5.41, 5.74) is 3.69. The zero-order chi connectivity index (χ0) is 22.1. The largest absolute Gasteiger partial charge is 0.393 e. The summed E-state index contributed by atoms with van der Waals surface area (Å²) in [6.07, 6.45) is 12.4. The Bertz CT molecular complexity index is 676. The Kier molecular flexibility index (Phi) is 7.69. The first-order valence-electron chi connectivity index (χ1n) is 12.3. The lowest BCUT2D eigenvalue weighted by Gasteiger charge is -2.44. The first-order chi connectivity index (χ1) is 14.1. The van der Waals surface area contributed by atoms with Gasteiger partial charge >= 0.3 is 0 Å². The average molecular weight is 417 g/mol. The molecule has 7 atom stereocenters. The first kappa shape index (κ1) is 23.8. The van der Waals surface area contributed by atoms with Gasteiger partial charge in [-0.2, -0.15) is 0 Å². The molecule has 3 rings (SSSR count). The number of hydrogen-bond donors (Lipinski definition) is 3. The number of hydrogen-bond acceptors (Lipinski definition) is 3. The van der Waals surface area contributed by atoms with Gasteiger partial charge in [-0.15, -0.1) is 0 Å². The zero-order valence-corrected chi connectivity index (χ0v) is 19.6. The molecule has 0 bridgehead atoms. The zero-order valence-electron chi connectivity index (χ0n) is 19.6. The van der Waals surface area contributed by atoms with E-state index in [1.54, 1.807) is 5.57 Å². The second-order valence-corrected chi connectivity index (χ2v) is 11.0. The van der Waals surface area contributed by atoms with Crippen molar-refractivity contribution in [2.45, 2.75) is 104 Å². The first-order valence-corrected chi connectivity index (χ1v) is 12.3. The molecular formula is C27H44O3. The van der Waals surface area contributed by atoms with Crippen LogP contribution in [0.25, 0.3) is 0 Å². The summed E-state index contributed by atoms with van der Waals surface area (Å²) in [5, 5.41) is 30.4. The van der Waals surface area contributed by atoms with Crippen molar-refractivity contribution in [1.82, 2.24) is 0 Å². The number of rotatable bonds is 6. The molecule has 3 aliphatic rings. The van der Waals surface area contributed by atoms with Crippen LogP contribution < -0.4 is 0 Å². The van der Waals surface area contributed by atoms with Crippen molar-refractivity contribution in [2.75, 3.05) is 0 Å². The van der Waals surface area contributed by atoms with E-state index in [0.29, 0.717) is 36.0 Å². The highest BCUT2D eigenvalue weighted by Crippen LogP contribution is 2.60. The summed E-state index contributed by atoms with van der Waals surface area (Å²) in [5.74, 6) is 2.35. The maximum atomic E-state index is 10.3. The van der Waals surface area contributed by atoms with E-state index in [0.717, 1.165) is 36.3 Å². The third-order valence-electron chi connectivity index (χ3n) is 8.68. The van der Waals surface area contributed by atoms with E-state index in [1.165, 1.54) is 25.7 Å². The minimum atomic E-state index is -0.618. The SMILES string of the molecule is C=C1/C(=C\C=C2\CCC[C@@]3(C)[C@H]2CC[C@H]3[C@@H](C)CC[C@@H](O)C(C)C)C[C@@H](O)C[C@@H]1O. The standard InChI is InChI=1S/C27H44O3/c1-17(2)25(29)13-8-18(3)23-11-12-24-20(7-6-14-27(23,24)5)9-10-21-15-22(28)16-26(30)19(21)4/h9-10,17-18,22-26,28-30H,4,6-8,11-16H2,1-3,5H3/b20-9-,21-10-/t18-,22+,23-,24-,25+,26-,27+/m0/s1. The van der Waals surface area contributed by atoms with Crippen LogP contribution in [0.15, 0.2) is 35.5 Å².